The lowest BCUT2D eigenvalue weighted by molar-refractivity contribution is 0.0343. The minimum atomic E-state index is -0.473. The van der Waals surface area contributed by atoms with Gasteiger partial charge in [-0.3, -0.25) is 14.5 Å². The van der Waals surface area contributed by atoms with Crippen LogP contribution >= 0.6 is 0 Å². The third-order valence-corrected chi connectivity index (χ3v) is 8.34. The van der Waals surface area contributed by atoms with Crippen LogP contribution in [0.15, 0.2) is 97.1 Å². The number of nitrogens with one attached hydrogen (secondary N) is 3. The molecule has 4 aromatic carbocycles. The van der Waals surface area contributed by atoms with Crippen LogP contribution in [0.25, 0.3) is 0 Å². The van der Waals surface area contributed by atoms with Crippen molar-refractivity contribution in [3.63, 3.8) is 0 Å². The van der Waals surface area contributed by atoms with Crippen LogP contribution in [0.3, 0.4) is 0 Å². The van der Waals surface area contributed by atoms with Crippen LogP contribution in [0.2, 0.25) is 0 Å². The summed E-state index contributed by atoms with van der Waals surface area (Å²) in [5.41, 5.74) is 9.82. The van der Waals surface area contributed by atoms with Gasteiger partial charge in [0, 0.05) is 36.8 Å². The summed E-state index contributed by atoms with van der Waals surface area (Å²) in [7, 11) is 1.98. The molecule has 0 unspecified atom stereocenters. The van der Waals surface area contributed by atoms with Crippen molar-refractivity contribution in [1.82, 2.24) is 9.80 Å². The smallest absolute Gasteiger partial charge is 0.323 e. The zero-order valence-electron chi connectivity index (χ0n) is 27.4. The minimum absolute atomic E-state index is 0.124. The van der Waals surface area contributed by atoms with E-state index in [4.69, 9.17) is 10.5 Å². The predicted molar refractivity (Wildman–Crippen MR) is 188 cm³/mol. The molecular weight excluding hydrogens is 608 g/mol. The van der Waals surface area contributed by atoms with Crippen LogP contribution in [-0.2, 0) is 6.54 Å². The van der Waals surface area contributed by atoms with Gasteiger partial charge in [-0.15, -0.1) is 0 Å². The summed E-state index contributed by atoms with van der Waals surface area (Å²) in [6, 6.07) is 27.7. The fourth-order valence-corrected chi connectivity index (χ4v) is 5.62. The van der Waals surface area contributed by atoms with E-state index in [1.165, 1.54) is 0 Å². The summed E-state index contributed by atoms with van der Waals surface area (Å²) in [4.78, 5) is 43.3. The summed E-state index contributed by atoms with van der Waals surface area (Å²) in [6.07, 6.45) is -0.378. The Morgan fingerprint density at radius 3 is 2.33 bits per heavy atom. The molecule has 0 bridgehead atoms. The number of aliphatic hydroxyl groups excluding tert-OH is 1. The number of rotatable bonds is 10. The molecule has 0 saturated carbocycles. The molecule has 0 aromatic heterocycles. The van der Waals surface area contributed by atoms with Gasteiger partial charge in [0.2, 0.25) is 0 Å². The van der Waals surface area contributed by atoms with Gasteiger partial charge in [0.25, 0.3) is 11.8 Å². The van der Waals surface area contributed by atoms with Gasteiger partial charge >= 0.3 is 6.03 Å². The second-order valence-electron chi connectivity index (χ2n) is 12.2. The topological polar surface area (TPSA) is 149 Å². The van der Waals surface area contributed by atoms with Crippen LogP contribution in [-0.4, -0.2) is 71.6 Å². The second kappa shape index (κ2) is 15.5. The Labute approximate surface area is 280 Å². The van der Waals surface area contributed by atoms with Crippen molar-refractivity contribution in [1.29, 1.82) is 0 Å². The summed E-state index contributed by atoms with van der Waals surface area (Å²) in [5.74, 6) is -0.376. The van der Waals surface area contributed by atoms with Crippen LogP contribution < -0.4 is 26.4 Å². The third kappa shape index (κ3) is 8.30. The molecule has 6 N–H and O–H groups in total. The molecule has 5 rings (SSSR count). The highest BCUT2D eigenvalue weighted by molar-refractivity contribution is 6.06. The number of para-hydroxylation sites is 4. The fourth-order valence-electron chi connectivity index (χ4n) is 5.62. The Bertz CT molecular complexity index is 1730. The number of nitrogens with two attached hydrogens (primary N) is 1. The average molecular weight is 651 g/mol. The normalized spacial score (nSPS) is 16.6. The largest absolute Gasteiger partial charge is 0.486 e. The van der Waals surface area contributed by atoms with Crippen LogP contribution in [0, 0.1) is 5.92 Å². The maximum Gasteiger partial charge on any atom is 0.323 e. The molecule has 1 aliphatic rings. The van der Waals surface area contributed by atoms with E-state index in [2.05, 4.69) is 20.9 Å². The average Bonchev–Trinajstić information content (AvgIpc) is 3.08. The summed E-state index contributed by atoms with van der Waals surface area (Å²) in [6.45, 7) is 5.07. The van der Waals surface area contributed by atoms with Crippen LogP contribution in [0.1, 0.15) is 40.1 Å². The molecule has 48 heavy (non-hydrogen) atoms. The molecule has 0 saturated heterocycles. The van der Waals surface area contributed by atoms with Crippen molar-refractivity contribution in [3.8, 4) is 5.75 Å². The number of fused-ring (bicyclic) bond motifs is 1. The molecule has 11 nitrogen and oxygen atoms in total. The van der Waals surface area contributed by atoms with E-state index >= 15 is 0 Å². The zero-order valence-corrected chi connectivity index (χ0v) is 27.4. The maximum atomic E-state index is 13.8. The summed E-state index contributed by atoms with van der Waals surface area (Å²) < 4.78 is 6.63. The molecule has 0 spiro atoms. The molecule has 0 radical (unpaired) electrons. The van der Waals surface area contributed by atoms with Gasteiger partial charge in [0.1, 0.15) is 6.10 Å². The van der Waals surface area contributed by atoms with Gasteiger partial charge < -0.3 is 36.4 Å². The van der Waals surface area contributed by atoms with Gasteiger partial charge in [-0.25, -0.2) is 4.79 Å². The van der Waals surface area contributed by atoms with E-state index in [0.29, 0.717) is 53.5 Å². The molecule has 0 fully saturated rings. The number of anilines is 4. The Balaban J connectivity index is 1.33. The third-order valence-electron chi connectivity index (χ3n) is 8.34. The number of hydrogen-bond donors (Lipinski definition) is 5. The van der Waals surface area contributed by atoms with Crippen LogP contribution in [0.5, 0.6) is 5.75 Å². The molecule has 4 aromatic rings. The molecule has 0 aliphatic carbocycles. The van der Waals surface area contributed by atoms with Crippen molar-refractivity contribution in [2.24, 2.45) is 5.92 Å². The van der Waals surface area contributed by atoms with Gasteiger partial charge in [0.15, 0.2) is 5.75 Å². The van der Waals surface area contributed by atoms with Crippen LogP contribution in [0.4, 0.5) is 27.5 Å². The van der Waals surface area contributed by atoms with E-state index in [1.807, 2.05) is 63.4 Å². The lowest BCUT2D eigenvalue weighted by Crippen LogP contribution is -2.49. The lowest BCUT2D eigenvalue weighted by atomic mass is 9.98. The molecule has 1 aliphatic heterocycles. The minimum Gasteiger partial charge on any atom is -0.486 e. The van der Waals surface area contributed by atoms with Crippen molar-refractivity contribution in [2.75, 3.05) is 48.4 Å². The number of carbonyl (C=O) groups excluding carboxylic acids is 3. The van der Waals surface area contributed by atoms with Gasteiger partial charge in [-0.05, 0) is 68.1 Å². The van der Waals surface area contributed by atoms with E-state index in [1.54, 1.807) is 59.5 Å². The lowest BCUT2D eigenvalue weighted by Gasteiger charge is -2.38. The molecular formula is C37H42N6O5. The fraction of sp³-hybridized carbons (Fsp3) is 0.270. The highest BCUT2D eigenvalue weighted by Crippen LogP contribution is 2.35. The first-order valence-electron chi connectivity index (χ1n) is 15.9. The first kappa shape index (κ1) is 34.0. The second-order valence-corrected chi connectivity index (χ2v) is 12.2. The van der Waals surface area contributed by atoms with Crippen molar-refractivity contribution in [3.05, 3.63) is 114 Å². The number of benzene rings is 4. The van der Waals surface area contributed by atoms with E-state index < -0.39 is 12.1 Å². The molecule has 250 valence electrons. The predicted octanol–water partition coefficient (Wildman–Crippen LogP) is 5.52. The quantitative estimate of drug-likeness (QED) is 0.142. The molecule has 4 amide bonds. The molecule has 3 atom stereocenters. The SMILES string of the molecule is C[C@H]1CN([C@@H](C)CO)C(=O)c2cccc(NC(=O)Nc3ccccc3)c2O[C@@H]1CN(C)Cc1ccc(C(=O)Nc2ccccc2N)cc1. The number of aliphatic hydroxyl groups is 1. The van der Waals surface area contributed by atoms with E-state index in [9.17, 15) is 19.5 Å². The first-order chi connectivity index (χ1) is 23.1. The van der Waals surface area contributed by atoms with E-state index in [0.717, 1.165) is 5.56 Å². The van der Waals surface area contributed by atoms with Gasteiger partial charge in [0.05, 0.1) is 35.3 Å². The number of nitrogens with zero attached hydrogens (tertiary/aromatic N) is 2. The Morgan fingerprint density at radius 2 is 1.62 bits per heavy atom. The monoisotopic (exact) mass is 650 g/mol. The van der Waals surface area contributed by atoms with E-state index in [-0.39, 0.29) is 36.2 Å². The summed E-state index contributed by atoms with van der Waals surface area (Å²) >= 11 is 0. The number of amides is 4. The van der Waals surface area contributed by atoms with Gasteiger partial charge in [-0.2, -0.15) is 0 Å². The van der Waals surface area contributed by atoms with Crippen molar-refractivity contribution in [2.45, 2.75) is 32.5 Å². The number of nitrogen functional groups attached to an aromatic ring is 1. The Kier molecular flexibility index (Phi) is 10.9. The summed E-state index contributed by atoms with van der Waals surface area (Å²) in [5, 5.41) is 18.5. The standard InChI is InChI=1S/C37H42N6O5/c1-24-20-43(25(2)23-44)36(46)29-12-9-15-32(41-37(47)39-28-10-5-4-6-11-28)34(29)48-33(24)22-42(3)21-26-16-18-27(19-17-26)35(45)40-31-14-8-7-13-30(31)38/h4-19,24-25,33,44H,20-23,38H2,1-3H3,(H,40,45)(H2,39,41,47)/t24-,25-,33+/m0/s1. The number of carbonyl (C=O) groups is 3. The van der Waals surface area contributed by atoms with Gasteiger partial charge in [-0.1, -0.05) is 55.5 Å². The number of likely N-dealkylation sites (N-methyl/N-ethyl adjacent to an activating group) is 1. The highest BCUT2D eigenvalue weighted by atomic mass is 16.5. The molecule has 11 heteroatoms. The Hall–Kier alpha value is -5.39. The number of urea groups is 1. The molecule has 1 heterocycles. The number of ether oxygens (including phenoxy) is 1. The van der Waals surface area contributed by atoms with Crippen molar-refractivity contribution < 1.29 is 24.2 Å². The zero-order chi connectivity index (χ0) is 34.2. The maximum absolute atomic E-state index is 13.8. The highest BCUT2D eigenvalue weighted by Gasteiger charge is 2.34. The number of hydrogen-bond acceptors (Lipinski definition) is 7. The Morgan fingerprint density at radius 1 is 0.938 bits per heavy atom. The first-order valence-corrected chi connectivity index (χ1v) is 15.9. The van der Waals surface area contributed by atoms with Crippen molar-refractivity contribution >= 4 is 40.6 Å².